The third kappa shape index (κ3) is 7.29. The summed E-state index contributed by atoms with van der Waals surface area (Å²) in [6, 6.07) is 0.616. The number of nitrogens with zero attached hydrogens (tertiary/aromatic N) is 5. The Bertz CT molecular complexity index is 434. The van der Waals surface area contributed by atoms with Crippen LogP contribution in [0.25, 0.3) is 0 Å². The Hall–Kier alpha value is -0.690. The van der Waals surface area contributed by atoms with Gasteiger partial charge in [0, 0.05) is 64.9 Å². The quantitative estimate of drug-likeness (QED) is 0.705. The Kier molecular flexibility index (Phi) is 10.2. The minimum absolute atomic E-state index is 0.335. The van der Waals surface area contributed by atoms with Crippen LogP contribution < -0.4 is 0 Å². The highest BCUT2D eigenvalue weighted by atomic mass is 16.2. The zero-order valence-electron chi connectivity index (χ0n) is 19.2. The molecule has 0 atom stereocenters. The van der Waals surface area contributed by atoms with Crippen molar-refractivity contribution in [3.05, 3.63) is 0 Å². The van der Waals surface area contributed by atoms with E-state index in [0.29, 0.717) is 18.5 Å². The second-order valence-electron chi connectivity index (χ2n) is 8.83. The molecule has 0 saturated carbocycles. The summed E-state index contributed by atoms with van der Waals surface area (Å²) >= 11 is 0. The fourth-order valence-electron chi connectivity index (χ4n) is 4.52. The molecule has 6 nitrogen and oxygen atoms in total. The van der Waals surface area contributed by atoms with Gasteiger partial charge in [0.15, 0.2) is 0 Å². The van der Waals surface area contributed by atoms with Gasteiger partial charge in [-0.15, -0.1) is 0 Å². The Labute approximate surface area is 173 Å². The summed E-state index contributed by atoms with van der Waals surface area (Å²) < 4.78 is 0. The third-order valence-corrected chi connectivity index (χ3v) is 6.58. The summed E-state index contributed by atoms with van der Waals surface area (Å²) in [6.07, 6.45) is 2.66. The molecule has 0 bridgehead atoms. The molecule has 0 aromatic rings. The molecule has 3 fully saturated rings. The van der Waals surface area contributed by atoms with E-state index in [2.05, 4.69) is 45.4 Å². The number of carbonyl (C=O) groups excluding carboxylic acids is 1. The first-order valence-electron chi connectivity index (χ1n) is 11.7. The zero-order valence-corrected chi connectivity index (χ0v) is 19.2. The van der Waals surface area contributed by atoms with Crippen molar-refractivity contribution in [3.8, 4) is 0 Å². The summed E-state index contributed by atoms with van der Waals surface area (Å²) in [7, 11) is 2.23. The third-order valence-electron chi connectivity index (χ3n) is 6.58. The van der Waals surface area contributed by atoms with Gasteiger partial charge in [-0.25, -0.2) is 0 Å². The first-order valence-corrected chi connectivity index (χ1v) is 11.7. The monoisotopic (exact) mass is 395 g/mol. The van der Waals surface area contributed by atoms with E-state index in [-0.39, 0.29) is 0 Å². The molecule has 0 radical (unpaired) electrons. The van der Waals surface area contributed by atoms with E-state index in [1.165, 1.54) is 32.5 Å². The first kappa shape index (κ1) is 23.6. The van der Waals surface area contributed by atoms with Crippen LogP contribution in [0.2, 0.25) is 0 Å². The van der Waals surface area contributed by atoms with Crippen molar-refractivity contribution in [1.29, 1.82) is 0 Å². The number of hydrogen-bond acceptors (Lipinski definition) is 5. The van der Waals surface area contributed by atoms with Gasteiger partial charge in [-0.2, -0.15) is 0 Å². The van der Waals surface area contributed by atoms with Crippen LogP contribution in [0.4, 0.5) is 0 Å². The fraction of sp³-hybridized carbons (Fsp3) is 0.955. The van der Waals surface area contributed by atoms with Gasteiger partial charge in [0.1, 0.15) is 0 Å². The van der Waals surface area contributed by atoms with Crippen LogP contribution in [0.5, 0.6) is 0 Å². The number of piperazine rings is 2. The average Bonchev–Trinajstić information content (AvgIpc) is 2.72. The van der Waals surface area contributed by atoms with Crippen LogP contribution in [0.1, 0.15) is 40.5 Å². The van der Waals surface area contributed by atoms with Gasteiger partial charge in [0.25, 0.3) is 0 Å². The summed E-state index contributed by atoms with van der Waals surface area (Å²) in [5, 5.41) is 0. The van der Waals surface area contributed by atoms with Crippen molar-refractivity contribution in [1.82, 2.24) is 24.5 Å². The lowest BCUT2D eigenvalue weighted by Crippen LogP contribution is -2.55. The largest absolute Gasteiger partial charge is 0.339 e. The zero-order chi connectivity index (χ0) is 20.5. The molecule has 0 aliphatic carbocycles. The Morgan fingerprint density at radius 1 is 0.821 bits per heavy atom. The summed E-state index contributed by atoms with van der Waals surface area (Å²) in [5.74, 6) is 1.19. The van der Waals surface area contributed by atoms with E-state index < -0.39 is 0 Å². The van der Waals surface area contributed by atoms with Gasteiger partial charge in [-0.05, 0) is 52.7 Å². The Morgan fingerprint density at radius 2 is 1.36 bits per heavy atom. The van der Waals surface area contributed by atoms with Gasteiger partial charge in [-0.3, -0.25) is 19.5 Å². The van der Waals surface area contributed by atoms with Crippen LogP contribution in [0.3, 0.4) is 0 Å². The van der Waals surface area contributed by atoms with Crippen LogP contribution in [-0.4, -0.2) is 122 Å². The molecule has 0 spiro atoms. The van der Waals surface area contributed by atoms with Crippen molar-refractivity contribution < 1.29 is 4.79 Å². The highest BCUT2D eigenvalue weighted by Gasteiger charge is 2.27. The maximum absolute atomic E-state index is 12.7. The van der Waals surface area contributed by atoms with E-state index in [1.54, 1.807) is 0 Å². The van der Waals surface area contributed by atoms with Crippen LogP contribution in [0.15, 0.2) is 0 Å². The molecule has 0 N–H and O–H groups in total. The van der Waals surface area contributed by atoms with Crippen molar-refractivity contribution in [2.75, 3.05) is 85.6 Å². The van der Waals surface area contributed by atoms with Gasteiger partial charge in [0.05, 0.1) is 6.54 Å². The minimum Gasteiger partial charge on any atom is -0.339 e. The highest BCUT2D eigenvalue weighted by molar-refractivity contribution is 5.78. The van der Waals surface area contributed by atoms with Crippen LogP contribution in [0, 0.1) is 5.92 Å². The van der Waals surface area contributed by atoms with Crippen molar-refractivity contribution >= 4 is 5.91 Å². The normalized spacial score (nSPS) is 24.3. The number of piperidine rings is 1. The lowest BCUT2D eigenvalue weighted by Gasteiger charge is -2.40. The summed E-state index contributed by atoms with van der Waals surface area (Å²) in [6.45, 7) is 21.0. The lowest BCUT2D eigenvalue weighted by molar-refractivity contribution is -0.134. The number of rotatable bonds is 5. The molecular formula is C22H45N5O. The molecule has 164 valence electrons. The maximum atomic E-state index is 12.7. The van der Waals surface area contributed by atoms with E-state index in [4.69, 9.17) is 0 Å². The van der Waals surface area contributed by atoms with Gasteiger partial charge >= 0.3 is 0 Å². The highest BCUT2D eigenvalue weighted by Crippen LogP contribution is 2.18. The van der Waals surface area contributed by atoms with Crippen LogP contribution in [-0.2, 0) is 4.79 Å². The molecule has 3 aliphatic heterocycles. The molecule has 3 rings (SSSR count). The van der Waals surface area contributed by atoms with Gasteiger partial charge in [0.2, 0.25) is 5.91 Å². The van der Waals surface area contributed by atoms with E-state index in [9.17, 15) is 4.79 Å². The molecule has 0 aromatic carbocycles. The first-order chi connectivity index (χ1) is 13.5. The number of amides is 1. The van der Waals surface area contributed by atoms with E-state index in [0.717, 1.165) is 58.3 Å². The molecule has 0 unspecified atom stereocenters. The molecule has 6 heteroatoms. The Balaban J connectivity index is 0.00000136. The van der Waals surface area contributed by atoms with E-state index in [1.807, 2.05) is 13.8 Å². The summed E-state index contributed by atoms with van der Waals surface area (Å²) in [4.78, 5) is 24.6. The maximum Gasteiger partial charge on any atom is 0.236 e. The molecule has 1 amide bonds. The van der Waals surface area contributed by atoms with E-state index >= 15 is 0 Å². The molecule has 0 aromatic heterocycles. The fourth-order valence-corrected chi connectivity index (χ4v) is 4.52. The second kappa shape index (κ2) is 12.1. The molecule has 3 aliphatic rings. The van der Waals surface area contributed by atoms with Crippen molar-refractivity contribution in [3.63, 3.8) is 0 Å². The summed E-state index contributed by atoms with van der Waals surface area (Å²) in [5.41, 5.74) is 0. The van der Waals surface area contributed by atoms with Gasteiger partial charge in [-0.1, -0.05) is 13.8 Å². The lowest BCUT2D eigenvalue weighted by atomic mass is 9.96. The smallest absolute Gasteiger partial charge is 0.236 e. The molecular weight excluding hydrogens is 350 g/mol. The predicted molar refractivity (Wildman–Crippen MR) is 118 cm³/mol. The van der Waals surface area contributed by atoms with Crippen molar-refractivity contribution in [2.45, 2.75) is 46.6 Å². The topological polar surface area (TPSA) is 33.3 Å². The predicted octanol–water partition coefficient (Wildman–Crippen LogP) is 1.52. The second-order valence-corrected chi connectivity index (χ2v) is 8.83. The Morgan fingerprint density at radius 3 is 1.89 bits per heavy atom. The molecule has 3 saturated heterocycles. The standard InChI is InChI=1S/C20H39N5O.C2H6/c1-18(2)24-12-8-23(9-13-24)17-20(26)25-14-10-22(11-15-25)16-19-4-6-21(3)7-5-19;1-2/h18-19H,4-17H2,1-3H3;1-2H3. The number of likely N-dealkylation sites (tertiary alicyclic amines) is 1. The molecule has 3 heterocycles. The SMILES string of the molecule is CC.CC(C)N1CCN(CC(=O)N2CCN(CC3CCN(C)CC3)CC2)CC1. The van der Waals surface area contributed by atoms with Gasteiger partial charge < -0.3 is 9.80 Å². The van der Waals surface area contributed by atoms with Crippen LogP contribution >= 0.6 is 0 Å². The number of carbonyl (C=O) groups is 1. The number of hydrogen-bond donors (Lipinski definition) is 0. The van der Waals surface area contributed by atoms with Crippen molar-refractivity contribution in [2.24, 2.45) is 5.92 Å². The minimum atomic E-state index is 0.335. The molecule has 28 heavy (non-hydrogen) atoms. The average molecular weight is 396 g/mol.